The number of benzene rings is 2. The minimum atomic E-state index is -0.437. The molecule has 4 aromatic rings. The van der Waals surface area contributed by atoms with E-state index in [2.05, 4.69) is 20.6 Å². The van der Waals surface area contributed by atoms with Crippen molar-refractivity contribution in [2.45, 2.75) is 20.0 Å². The minimum absolute atomic E-state index is 0.110. The normalized spacial score (nSPS) is 10.8. The van der Waals surface area contributed by atoms with Crippen LogP contribution < -0.4 is 20.3 Å². The van der Waals surface area contributed by atoms with Crippen LogP contribution in [0.3, 0.4) is 0 Å². The number of carbonyl (C=O) groups excluding carboxylic acids is 1. The van der Waals surface area contributed by atoms with Crippen LogP contribution in [0.1, 0.15) is 11.1 Å². The third-order valence-electron chi connectivity index (χ3n) is 4.93. The zero-order chi connectivity index (χ0) is 22.7. The Kier molecular flexibility index (Phi) is 5.84. The highest BCUT2D eigenvalue weighted by molar-refractivity contribution is 5.91. The third-order valence-corrected chi connectivity index (χ3v) is 4.93. The van der Waals surface area contributed by atoms with E-state index < -0.39 is 11.5 Å². The number of aromatic nitrogens is 5. The predicted molar refractivity (Wildman–Crippen MR) is 118 cm³/mol. The van der Waals surface area contributed by atoms with Gasteiger partial charge in [-0.1, -0.05) is 35.0 Å². The number of amides is 1. The lowest BCUT2D eigenvalue weighted by Gasteiger charge is -2.11. The smallest absolute Gasteiger partial charge is 0.283 e. The average molecular weight is 434 g/mol. The van der Waals surface area contributed by atoms with E-state index in [1.165, 1.54) is 25.1 Å². The number of hydrogen-bond donors (Lipinski definition) is 1. The second kappa shape index (κ2) is 8.88. The van der Waals surface area contributed by atoms with Gasteiger partial charge in [-0.3, -0.25) is 14.2 Å². The van der Waals surface area contributed by atoms with E-state index >= 15 is 0 Å². The molecule has 0 aliphatic rings. The molecule has 0 unspecified atom stereocenters. The molecule has 2 aromatic carbocycles. The van der Waals surface area contributed by atoms with Crippen molar-refractivity contribution in [2.75, 3.05) is 19.5 Å². The van der Waals surface area contributed by atoms with E-state index in [4.69, 9.17) is 9.47 Å². The van der Waals surface area contributed by atoms with Crippen LogP contribution in [-0.2, 0) is 17.9 Å². The first-order chi connectivity index (χ1) is 15.5. The van der Waals surface area contributed by atoms with E-state index in [1.54, 1.807) is 22.9 Å². The van der Waals surface area contributed by atoms with Crippen molar-refractivity contribution in [3.05, 3.63) is 70.3 Å². The van der Waals surface area contributed by atoms with Crippen molar-refractivity contribution in [1.82, 2.24) is 24.5 Å². The molecule has 0 fully saturated rings. The highest BCUT2D eigenvalue weighted by atomic mass is 16.5. The van der Waals surface area contributed by atoms with Crippen molar-refractivity contribution >= 4 is 22.8 Å². The van der Waals surface area contributed by atoms with E-state index in [1.807, 2.05) is 31.2 Å². The summed E-state index contributed by atoms with van der Waals surface area (Å²) in [6.07, 6.45) is 1.33. The number of anilines is 1. The van der Waals surface area contributed by atoms with Crippen molar-refractivity contribution in [3.63, 3.8) is 0 Å². The molecular weight excluding hydrogens is 412 g/mol. The largest absolute Gasteiger partial charge is 0.493 e. The predicted octanol–water partition coefficient (Wildman–Crippen LogP) is 2.00. The van der Waals surface area contributed by atoms with Crippen LogP contribution >= 0.6 is 0 Å². The van der Waals surface area contributed by atoms with Crippen LogP contribution in [0.2, 0.25) is 0 Å². The molecule has 0 spiro atoms. The molecule has 1 N–H and O–H groups in total. The third kappa shape index (κ3) is 4.29. The van der Waals surface area contributed by atoms with Gasteiger partial charge in [-0.15, -0.1) is 5.10 Å². The number of hydrogen-bond acceptors (Lipinski definition) is 7. The number of rotatable bonds is 7. The van der Waals surface area contributed by atoms with Crippen LogP contribution in [0.15, 0.2) is 53.6 Å². The molecule has 10 nitrogen and oxygen atoms in total. The molecule has 0 atom stereocenters. The molecule has 0 radical (unpaired) electrons. The van der Waals surface area contributed by atoms with Crippen molar-refractivity contribution in [1.29, 1.82) is 0 Å². The van der Waals surface area contributed by atoms with E-state index in [9.17, 15) is 9.59 Å². The summed E-state index contributed by atoms with van der Waals surface area (Å²) >= 11 is 0. The van der Waals surface area contributed by atoms with Crippen molar-refractivity contribution < 1.29 is 14.3 Å². The summed E-state index contributed by atoms with van der Waals surface area (Å²) in [4.78, 5) is 29.6. The van der Waals surface area contributed by atoms with Gasteiger partial charge in [0.25, 0.3) is 5.56 Å². The fourth-order valence-electron chi connectivity index (χ4n) is 3.24. The van der Waals surface area contributed by atoms with Crippen molar-refractivity contribution in [2.24, 2.45) is 0 Å². The summed E-state index contributed by atoms with van der Waals surface area (Å²) in [6, 6.07) is 13.0. The maximum atomic E-state index is 12.8. The fraction of sp³-hybridized carbons (Fsp3) is 0.227. The van der Waals surface area contributed by atoms with Gasteiger partial charge in [-0.25, -0.2) is 9.67 Å². The van der Waals surface area contributed by atoms with Gasteiger partial charge in [0.05, 0.1) is 20.8 Å². The monoisotopic (exact) mass is 434 g/mol. The Morgan fingerprint density at radius 2 is 1.81 bits per heavy atom. The maximum absolute atomic E-state index is 12.8. The van der Waals surface area contributed by atoms with Gasteiger partial charge in [0.2, 0.25) is 5.91 Å². The van der Waals surface area contributed by atoms with Gasteiger partial charge in [0, 0.05) is 11.8 Å². The summed E-state index contributed by atoms with van der Waals surface area (Å²) < 4.78 is 13.2. The van der Waals surface area contributed by atoms with Gasteiger partial charge < -0.3 is 14.8 Å². The molecule has 0 bridgehead atoms. The number of aryl methyl sites for hydroxylation is 1. The Morgan fingerprint density at radius 1 is 1.06 bits per heavy atom. The summed E-state index contributed by atoms with van der Waals surface area (Å²) in [5.74, 6) is 0.633. The van der Waals surface area contributed by atoms with E-state index in [-0.39, 0.29) is 12.1 Å². The topological polar surface area (TPSA) is 113 Å². The SMILES string of the molecule is COc1ccc(NC(=O)Cn2cnc3c(nnn3Cc3ccc(C)cc3)c2=O)cc1OC. The minimum Gasteiger partial charge on any atom is -0.493 e. The van der Waals surface area contributed by atoms with Crippen LogP contribution in [-0.4, -0.2) is 44.7 Å². The molecule has 32 heavy (non-hydrogen) atoms. The number of fused-ring (bicyclic) bond motifs is 1. The van der Waals surface area contributed by atoms with Crippen LogP contribution in [0.4, 0.5) is 5.69 Å². The Labute approximate surface area is 183 Å². The van der Waals surface area contributed by atoms with Crippen LogP contribution in [0.25, 0.3) is 11.2 Å². The highest BCUT2D eigenvalue weighted by Gasteiger charge is 2.15. The van der Waals surface area contributed by atoms with Crippen molar-refractivity contribution in [3.8, 4) is 11.5 Å². The number of ether oxygens (including phenoxy) is 2. The second-order valence-electron chi connectivity index (χ2n) is 7.20. The van der Waals surface area contributed by atoms with Gasteiger partial charge >= 0.3 is 0 Å². The Morgan fingerprint density at radius 3 is 2.53 bits per heavy atom. The Bertz CT molecular complexity index is 1330. The lowest BCUT2D eigenvalue weighted by atomic mass is 10.1. The van der Waals surface area contributed by atoms with E-state index in [0.717, 1.165) is 11.1 Å². The molecule has 2 heterocycles. The van der Waals surface area contributed by atoms with Gasteiger partial charge in [-0.2, -0.15) is 0 Å². The Balaban J connectivity index is 1.51. The maximum Gasteiger partial charge on any atom is 0.283 e. The molecule has 2 aromatic heterocycles. The summed E-state index contributed by atoms with van der Waals surface area (Å²) in [5.41, 5.74) is 2.73. The van der Waals surface area contributed by atoms with Gasteiger partial charge in [-0.05, 0) is 24.6 Å². The molecule has 0 aliphatic heterocycles. The van der Waals surface area contributed by atoms with Crippen LogP contribution in [0.5, 0.6) is 11.5 Å². The second-order valence-corrected chi connectivity index (χ2v) is 7.20. The molecule has 164 valence electrons. The number of nitrogens with one attached hydrogen (secondary N) is 1. The highest BCUT2D eigenvalue weighted by Crippen LogP contribution is 2.29. The average Bonchev–Trinajstić information content (AvgIpc) is 3.20. The first-order valence-electron chi connectivity index (χ1n) is 9.84. The first kappa shape index (κ1) is 21.0. The first-order valence-corrected chi connectivity index (χ1v) is 9.84. The zero-order valence-corrected chi connectivity index (χ0v) is 17.9. The van der Waals surface area contributed by atoms with Gasteiger partial charge in [0.1, 0.15) is 12.9 Å². The molecule has 1 amide bonds. The standard InChI is InChI=1S/C22H22N6O4/c1-14-4-6-15(7-5-14)11-28-21-20(25-26-28)22(30)27(13-23-21)12-19(29)24-16-8-9-17(31-2)18(10-16)32-3/h4-10,13H,11-12H2,1-3H3,(H,24,29). The summed E-state index contributed by atoms with van der Waals surface area (Å²) in [7, 11) is 3.04. The number of carbonyl (C=O) groups is 1. The summed E-state index contributed by atoms with van der Waals surface area (Å²) in [6.45, 7) is 2.23. The lowest BCUT2D eigenvalue weighted by Crippen LogP contribution is -2.28. The van der Waals surface area contributed by atoms with Gasteiger partial charge in [0.15, 0.2) is 22.7 Å². The summed E-state index contributed by atoms with van der Waals surface area (Å²) in [5, 5.41) is 10.8. The van der Waals surface area contributed by atoms with E-state index in [0.29, 0.717) is 29.4 Å². The zero-order valence-electron chi connectivity index (χ0n) is 17.9. The molecular formula is C22H22N6O4. The quantitative estimate of drug-likeness (QED) is 0.473. The fourth-order valence-corrected chi connectivity index (χ4v) is 3.24. The molecule has 10 heteroatoms. The molecule has 4 rings (SSSR count). The lowest BCUT2D eigenvalue weighted by molar-refractivity contribution is -0.116. The number of methoxy groups -OCH3 is 2. The van der Waals surface area contributed by atoms with Crippen LogP contribution in [0, 0.1) is 6.92 Å². The molecule has 0 saturated carbocycles. The Hall–Kier alpha value is -4.21. The molecule has 0 aliphatic carbocycles. The number of nitrogens with zero attached hydrogens (tertiary/aromatic N) is 5. The molecule has 0 saturated heterocycles.